The van der Waals surface area contributed by atoms with Gasteiger partial charge in [0.15, 0.2) is 5.82 Å². The van der Waals surface area contributed by atoms with Crippen molar-refractivity contribution in [1.29, 1.82) is 0 Å². The zero-order chi connectivity index (χ0) is 14.3. The molecule has 3 rings (SSSR count). The standard InChI is InChI=1S/C14H15BrN4S/c1-14(2,3)12-16-17-13-19(12)18-11(8-20-13)9-4-6-10(15)7-5-9/h4-7H,8H2,1-3H3. The monoisotopic (exact) mass is 350 g/mol. The van der Waals surface area contributed by atoms with Gasteiger partial charge in [-0.3, -0.25) is 0 Å². The SMILES string of the molecule is CC(C)(C)c1nnc2n1N=C(c1ccc(Br)cc1)CS2. The first kappa shape index (κ1) is 13.8. The molecule has 2 aromatic rings. The fourth-order valence-electron chi connectivity index (χ4n) is 1.98. The maximum absolute atomic E-state index is 4.74. The quantitative estimate of drug-likeness (QED) is 0.787. The number of hydrogen-bond acceptors (Lipinski definition) is 4. The Morgan fingerprint density at radius 1 is 1.15 bits per heavy atom. The van der Waals surface area contributed by atoms with Crippen LogP contribution in [0.3, 0.4) is 0 Å². The average molecular weight is 351 g/mol. The van der Waals surface area contributed by atoms with Crippen LogP contribution >= 0.6 is 27.7 Å². The highest BCUT2D eigenvalue weighted by Crippen LogP contribution is 2.29. The molecule has 1 aromatic heterocycles. The minimum atomic E-state index is -0.0719. The third kappa shape index (κ3) is 2.54. The lowest BCUT2D eigenvalue weighted by Gasteiger charge is -2.19. The Balaban J connectivity index is 2.05. The van der Waals surface area contributed by atoms with Crippen LogP contribution in [-0.4, -0.2) is 26.3 Å². The largest absolute Gasteiger partial charge is 0.212 e. The van der Waals surface area contributed by atoms with Gasteiger partial charge in [-0.15, -0.1) is 10.2 Å². The van der Waals surface area contributed by atoms with Gasteiger partial charge in [0.2, 0.25) is 5.16 Å². The summed E-state index contributed by atoms with van der Waals surface area (Å²) in [5.74, 6) is 1.72. The molecule has 0 amide bonds. The number of halogens is 1. The molecule has 4 nitrogen and oxygen atoms in total. The zero-order valence-electron chi connectivity index (χ0n) is 11.6. The molecule has 0 fully saturated rings. The van der Waals surface area contributed by atoms with Crippen molar-refractivity contribution in [3.05, 3.63) is 40.1 Å². The van der Waals surface area contributed by atoms with Crippen LogP contribution in [-0.2, 0) is 5.41 Å². The van der Waals surface area contributed by atoms with Gasteiger partial charge in [-0.05, 0) is 17.7 Å². The van der Waals surface area contributed by atoms with Crippen LogP contribution in [0.15, 0.2) is 39.0 Å². The van der Waals surface area contributed by atoms with Crippen molar-refractivity contribution in [3.63, 3.8) is 0 Å². The van der Waals surface area contributed by atoms with Gasteiger partial charge in [-0.1, -0.05) is 60.6 Å². The predicted octanol–water partition coefficient (Wildman–Crippen LogP) is 3.70. The molecule has 0 spiro atoms. The normalized spacial score (nSPS) is 14.9. The van der Waals surface area contributed by atoms with Crippen LogP contribution in [0.1, 0.15) is 32.2 Å². The van der Waals surface area contributed by atoms with E-state index in [9.17, 15) is 0 Å². The molecule has 1 aliphatic rings. The fourth-order valence-corrected chi connectivity index (χ4v) is 3.08. The van der Waals surface area contributed by atoms with Crippen LogP contribution < -0.4 is 0 Å². The Hall–Kier alpha value is -1.14. The third-order valence-electron chi connectivity index (χ3n) is 3.02. The Morgan fingerprint density at radius 3 is 2.50 bits per heavy atom. The summed E-state index contributed by atoms with van der Waals surface area (Å²) >= 11 is 5.14. The van der Waals surface area contributed by atoms with Crippen molar-refractivity contribution in [2.24, 2.45) is 5.10 Å². The van der Waals surface area contributed by atoms with Crippen molar-refractivity contribution < 1.29 is 0 Å². The van der Waals surface area contributed by atoms with Crippen molar-refractivity contribution in [1.82, 2.24) is 14.9 Å². The van der Waals surface area contributed by atoms with E-state index in [2.05, 4.69) is 59.0 Å². The summed E-state index contributed by atoms with van der Waals surface area (Å²) in [7, 11) is 0. The second-order valence-corrected chi connectivity index (χ2v) is 7.57. The molecular weight excluding hydrogens is 336 g/mol. The van der Waals surface area contributed by atoms with E-state index in [1.54, 1.807) is 11.8 Å². The molecule has 0 atom stereocenters. The lowest BCUT2D eigenvalue weighted by molar-refractivity contribution is 0.509. The van der Waals surface area contributed by atoms with Crippen LogP contribution in [0.4, 0.5) is 0 Å². The first-order valence-corrected chi connectivity index (χ1v) is 8.15. The smallest absolute Gasteiger partial charge is 0.191 e. The first-order chi connectivity index (χ1) is 9.45. The van der Waals surface area contributed by atoms with Gasteiger partial charge in [-0.25, -0.2) is 0 Å². The summed E-state index contributed by atoms with van der Waals surface area (Å²) in [4.78, 5) is 0. The summed E-state index contributed by atoms with van der Waals surface area (Å²) < 4.78 is 2.96. The number of fused-ring (bicyclic) bond motifs is 1. The number of benzene rings is 1. The van der Waals surface area contributed by atoms with Crippen LogP contribution in [0.25, 0.3) is 0 Å². The van der Waals surface area contributed by atoms with E-state index in [1.165, 1.54) is 0 Å². The Morgan fingerprint density at radius 2 is 1.85 bits per heavy atom. The predicted molar refractivity (Wildman–Crippen MR) is 85.5 cm³/mol. The fraction of sp³-hybridized carbons (Fsp3) is 0.357. The molecule has 6 heteroatoms. The molecule has 0 radical (unpaired) electrons. The summed E-state index contributed by atoms with van der Waals surface area (Å²) in [6.45, 7) is 6.37. The van der Waals surface area contributed by atoms with E-state index in [-0.39, 0.29) is 5.41 Å². The topological polar surface area (TPSA) is 43.1 Å². The van der Waals surface area contributed by atoms with E-state index in [4.69, 9.17) is 5.10 Å². The Labute approximate surface area is 130 Å². The van der Waals surface area contributed by atoms with Crippen LogP contribution in [0.2, 0.25) is 0 Å². The maximum Gasteiger partial charge on any atom is 0.212 e. The van der Waals surface area contributed by atoms with Gasteiger partial charge in [0.05, 0.1) is 5.71 Å². The number of aromatic nitrogens is 3. The van der Waals surface area contributed by atoms with Crippen molar-refractivity contribution in [3.8, 4) is 0 Å². The van der Waals surface area contributed by atoms with Gasteiger partial charge in [-0.2, -0.15) is 9.78 Å². The molecule has 0 N–H and O–H groups in total. The van der Waals surface area contributed by atoms with Crippen LogP contribution in [0.5, 0.6) is 0 Å². The molecule has 0 aliphatic carbocycles. The van der Waals surface area contributed by atoms with Crippen molar-refractivity contribution >= 4 is 33.4 Å². The molecule has 20 heavy (non-hydrogen) atoms. The van der Waals surface area contributed by atoms with Gasteiger partial charge < -0.3 is 0 Å². The number of thioether (sulfide) groups is 1. The number of hydrogen-bond donors (Lipinski definition) is 0. The molecule has 0 saturated carbocycles. The average Bonchev–Trinajstić information content (AvgIpc) is 2.82. The van der Waals surface area contributed by atoms with Crippen LogP contribution in [0, 0.1) is 0 Å². The second kappa shape index (κ2) is 5.00. The molecule has 0 unspecified atom stereocenters. The lowest BCUT2D eigenvalue weighted by Crippen LogP contribution is -2.21. The van der Waals surface area contributed by atoms with Crippen molar-refractivity contribution in [2.45, 2.75) is 31.3 Å². The van der Waals surface area contributed by atoms with E-state index in [0.29, 0.717) is 0 Å². The highest BCUT2D eigenvalue weighted by molar-refractivity contribution is 9.10. The zero-order valence-corrected chi connectivity index (χ0v) is 14.0. The molecule has 2 heterocycles. The van der Waals surface area contributed by atoms with E-state index < -0.39 is 0 Å². The third-order valence-corrected chi connectivity index (χ3v) is 4.48. The molecule has 1 aliphatic heterocycles. The lowest BCUT2D eigenvalue weighted by atomic mass is 9.96. The van der Waals surface area contributed by atoms with Gasteiger partial charge in [0.1, 0.15) is 0 Å². The van der Waals surface area contributed by atoms with Gasteiger partial charge in [0, 0.05) is 15.6 Å². The minimum Gasteiger partial charge on any atom is -0.191 e. The summed E-state index contributed by atoms with van der Waals surface area (Å²) in [6, 6.07) is 8.23. The van der Waals surface area contributed by atoms with E-state index >= 15 is 0 Å². The maximum atomic E-state index is 4.74. The highest BCUT2D eigenvalue weighted by atomic mass is 79.9. The van der Waals surface area contributed by atoms with Crippen molar-refractivity contribution in [2.75, 3.05) is 5.75 Å². The van der Waals surface area contributed by atoms with E-state index in [0.717, 1.165) is 32.5 Å². The Bertz CT molecular complexity index is 667. The molecular formula is C14H15BrN4S. The summed E-state index contributed by atoms with van der Waals surface area (Å²) in [6.07, 6.45) is 0. The minimum absolute atomic E-state index is 0.0719. The van der Waals surface area contributed by atoms with Gasteiger partial charge in [0.25, 0.3) is 0 Å². The molecule has 0 bridgehead atoms. The molecule has 104 valence electrons. The molecule has 1 aromatic carbocycles. The van der Waals surface area contributed by atoms with Gasteiger partial charge >= 0.3 is 0 Å². The Kier molecular flexibility index (Phi) is 3.46. The highest BCUT2D eigenvalue weighted by Gasteiger charge is 2.27. The second-order valence-electron chi connectivity index (χ2n) is 5.71. The first-order valence-electron chi connectivity index (χ1n) is 6.37. The summed E-state index contributed by atoms with van der Waals surface area (Å²) in [5, 5.41) is 14.1. The number of nitrogens with zero attached hydrogens (tertiary/aromatic N) is 4. The summed E-state index contributed by atoms with van der Waals surface area (Å²) in [5.41, 5.74) is 2.12. The molecule has 0 saturated heterocycles. The number of rotatable bonds is 1. The van der Waals surface area contributed by atoms with E-state index in [1.807, 2.05) is 16.8 Å².